The molecular weight excluding hydrogens is 348 g/mol. The number of hydrogen-bond donors (Lipinski definition) is 2. The Morgan fingerprint density at radius 1 is 1.00 bits per heavy atom. The van der Waals surface area contributed by atoms with Crippen LogP contribution in [0.1, 0.15) is 27.6 Å². The van der Waals surface area contributed by atoms with Crippen molar-refractivity contribution in [1.82, 2.24) is 10.9 Å². The molecular formula is C16H15BrN2O3. The van der Waals surface area contributed by atoms with E-state index in [0.717, 1.165) is 4.47 Å². The Balaban J connectivity index is 2.01. The summed E-state index contributed by atoms with van der Waals surface area (Å²) in [5, 5.41) is 0. The van der Waals surface area contributed by atoms with Crippen molar-refractivity contribution in [3.63, 3.8) is 0 Å². The van der Waals surface area contributed by atoms with Crippen molar-refractivity contribution in [2.75, 3.05) is 6.61 Å². The lowest BCUT2D eigenvalue weighted by atomic mass is 10.2. The number of rotatable bonds is 4. The van der Waals surface area contributed by atoms with E-state index in [0.29, 0.717) is 23.5 Å². The highest BCUT2D eigenvalue weighted by Gasteiger charge is 2.13. The van der Waals surface area contributed by atoms with E-state index in [9.17, 15) is 9.59 Å². The lowest BCUT2D eigenvalue weighted by Crippen LogP contribution is -2.41. The third-order valence-electron chi connectivity index (χ3n) is 2.83. The molecule has 2 aromatic carbocycles. The zero-order chi connectivity index (χ0) is 15.9. The van der Waals surface area contributed by atoms with Crippen LogP contribution in [-0.2, 0) is 0 Å². The topological polar surface area (TPSA) is 67.4 Å². The summed E-state index contributed by atoms with van der Waals surface area (Å²) in [6.45, 7) is 2.29. The summed E-state index contributed by atoms with van der Waals surface area (Å²) < 4.78 is 6.26. The monoisotopic (exact) mass is 362 g/mol. The summed E-state index contributed by atoms with van der Waals surface area (Å²) in [7, 11) is 0. The van der Waals surface area contributed by atoms with Gasteiger partial charge in [0.1, 0.15) is 5.75 Å². The number of carbonyl (C=O) groups is 2. The van der Waals surface area contributed by atoms with Gasteiger partial charge in [0.05, 0.1) is 12.2 Å². The first kappa shape index (κ1) is 16.0. The average Bonchev–Trinajstić information content (AvgIpc) is 2.54. The van der Waals surface area contributed by atoms with Crippen molar-refractivity contribution in [2.45, 2.75) is 6.92 Å². The quantitative estimate of drug-likeness (QED) is 0.821. The van der Waals surface area contributed by atoms with Gasteiger partial charge in [-0.05, 0) is 43.3 Å². The first-order chi connectivity index (χ1) is 10.6. The molecule has 0 radical (unpaired) electrons. The summed E-state index contributed by atoms with van der Waals surface area (Å²) >= 11 is 3.29. The minimum Gasteiger partial charge on any atom is -0.493 e. The van der Waals surface area contributed by atoms with E-state index in [2.05, 4.69) is 26.8 Å². The van der Waals surface area contributed by atoms with Crippen molar-refractivity contribution in [2.24, 2.45) is 0 Å². The predicted octanol–water partition coefficient (Wildman–Crippen LogP) is 2.92. The molecule has 0 saturated heterocycles. The summed E-state index contributed by atoms with van der Waals surface area (Å²) in [5.41, 5.74) is 5.56. The zero-order valence-corrected chi connectivity index (χ0v) is 13.5. The molecule has 0 aromatic heterocycles. The van der Waals surface area contributed by atoms with Crippen LogP contribution in [0.3, 0.4) is 0 Å². The zero-order valence-electron chi connectivity index (χ0n) is 11.9. The number of ether oxygens (including phenoxy) is 1. The molecule has 0 spiro atoms. The fourth-order valence-corrected chi connectivity index (χ4v) is 2.05. The summed E-state index contributed by atoms with van der Waals surface area (Å²) in [5.74, 6) is -0.357. The van der Waals surface area contributed by atoms with Gasteiger partial charge in [-0.1, -0.05) is 28.1 Å². The van der Waals surface area contributed by atoms with Gasteiger partial charge >= 0.3 is 0 Å². The molecule has 0 aliphatic rings. The lowest BCUT2D eigenvalue weighted by molar-refractivity contribution is 0.0844. The third kappa shape index (κ3) is 4.08. The standard InChI is InChI=1S/C16H15BrN2O3/c1-2-22-14-6-4-3-5-13(14)16(21)19-18-15(20)11-7-9-12(17)10-8-11/h3-10H,2H2,1H3,(H,18,20)(H,19,21). The van der Waals surface area contributed by atoms with E-state index < -0.39 is 11.8 Å². The van der Waals surface area contributed by atoms with Crippen LogP contribution in [-0.4, -0.2) is 18.4 Å². The number of halogens is 1. The fraction of sp³-hybridized carbons (Fsp3) is 0.125. The van der Waals surface area contributed by atoms with Crippen molar-refractivity contribution < 1.29 is 14.3 Å². The second-order valence-corrected chi connectivity index (χ2v) is 5.26. The van der Waals surface area contributed by atoms with Gasteiger partial charge < -0.3 is 4.74 Å². The van der Waals surface area contributed by atoms with Gasteiger partial charge in [-0.25, -0.2) is 0 Å². The number of carbonyl (C=O) groups excluding carboxylic acids is 2. The molecule has 2 N–H and O–H groups in total. The number of hydrazine groups is 1. The van der Waals surface area contributed by atoms with Crippen LogP contribution in [0.25, 0.3) is 0 Å². The SMILES string of the molecule is CCOc1ccccc1C(=O)NNC(=O)c1ccc(Br)cc1. The Labute approximate surface area is 136 Å². The first-order valence-electron chi connectivity index (χ1n) is 6.70. The second-order valence-electron chi connectivity index (χ2n) is 4.34. The second kappa shape index (κ2) is 7.61. The molecule has 0 atom stereocenters. The van der Waals surface area contributed by atoms with Gasteiger partial charge in [-0.15, -0.1) is 0 Å². The highest BCUT2D eigenvalue weighted by Crippen LogP contribution is 2.17. The Bertz CT molecular complexity index is 671. The number of hydrogen-bond acceptors (Lipinski definition) is 3. The van der Waals surface area contributed by atoms with E-state index in [-0.39, 0.29) is 0 Å². The number of amides is 2. The minimum atomic E-state index is -0.436. The van der Waals surface area contributed by atoms with Crippen molar-refractivity contribution in [1.29, 1.82) is 0 Å². The largest absolute Gasteiger partial charge is 0.493 e. The molecule has 5 nitrogen and oxygen atoms in total. The number of para-hydroxylation sites is 1. The molecule has 0 bridgehead atoms. The molecule has 114 valence electrons. The van der Waals surface area contributed by atoms with E-state index in [4.69, 9.17) is 4.74 Å². The van der Waals surface area contributed by atoms with Gasteiger partial charge in [0.2, 0.25) is 0 Å². The van der Waals surface area contributed by atoms with Crippen LogP contribution in [0, 0.1) is 0 Å². The summed E-state index contributed by atoms with van der Waals surface area (Å²) in [6.07, 6.45) is 0. The van der Waals surface area contributed by atoms with Crippen LogP contribution < -0.4 is 15.6 Å². The van der Waals surface area contributed by atoms with Crippen LogP contribution in [0.15, 0.2) is 53.0 Å². The van der Waals surface area contributed by atoms with Crippen molar-refractivity contribution in [3.8, 4) is 5.75 Å². The van der Waals surface area contributed by atoms with E-state index in [1.54, 1.807) is 48.5 Å². The highest BCUT2D eigenvalue weighted by atomic mass is 79.9. The molecule has 22 heavy (non-hydrogen) atoms. The average molecular weight is 363 g/mol. The first-order valence-corrected chi connectivity index (χ1v) is 7.49. The van der Waals surface area contributed by atoms with E-state index >= 15 is 0 Å². The summed E-state index contributed by atoms with van der Waals surface area (Å²) in [4.78, 5) is 24.0. The molecule has 2 amide bonds. The maximum Gasteiger partial charge on any atom is 0.273 e. The lowest BCUT2D eigenvalue weighted by Gasteiger charge is -2.11. The Kier molecular flexibility index (Phi) is 5.55. The van der Waals surface area contributed by atoms with E-state index in [1.165, 1.54) is 0 Å². The van der Waals surface area contributed by atoms with Gasteiger partial charge in [0, 0.05) is 10.0 Å². The maximum atomic E-state index is 12.1. The molecule has 0 heterocycles. The van der Waals surface area contributed by atoms with Crippen molar-refractivity contribution in [3.05, 3.63) is 64.1 Å². The van der Waals surface area contributed by atoms with Gasteiger partial charge in [-0.2, -0.15) is 0 Å². The molecule has 2 rings (SSSR count). The van der Waals surface area contributed by atoms with E-state index in [1.807, 2.05) is 6.92 Å². The highest BCUT2D eigenvalue weighted by molar-refractivity contribution is 9.10. The van der Waals surface area contributed by atoms with Crippen LogP contribution >= 0.6 is 15.9 Å². The molecule has 0 aliphatic carbocycles. The molecule has 0 saturated carbocycles. The Morgan fingerprint density at radius 3 is 2.32 bits per heavy atom. The molecule has 0 aliphatic heterocycles. The van der Waals surface area contributed by atoms with Crippen LogP contribution in [0.2, 0.25) is 0 Å². The predicted molar refractivity (Wildman–Crippen MR) is 86.7 cm³/mol. The molecule has 2 aromatic rings. The minimum absolute atomic E-state index is 0.362. The van der Waals surface area contributed by atoms with Gasteiger partial charge in [0.15, 0.2) is 0 Å². The third-order valence-corrected chi connectivity index (χ3v) is 3.36. The Hall–Kier alpha value is -2.34. The van der Waals surface area contributed by atoms with Gasteiger partial charge in [0.25, 0.3) is 11.8 Å². The number of benzene rings is 2. The number of nitrogens with one attached hydrogen (secondary N) is 2. The normalized spacial score (nSPS) is 9.91. The summed E-state index contributed by atoms with van der Waals surface area (Å²) in [6, 6.07) is 13.7. The molecule has 6 heteroatoms. The van der Waals surface area contributed by atoms with Crippen LogP contribution in [0.5, 0.6) is 5.75 Å². The fourth-order valence-electron chi connectivity index (χ4n) is 1.79. The Morgan fingerprint density at radius 2 is 1.64 bits per heavy atom. The molecule has 0 fully saturated rings. The van der Waals surface area contributed by atoms with Gasteiger partial charge in [-0.3, -0.25) is 20.4 Å². The molecule has 0 unspecified atom stereocenters. The smallest absolute Gasteiger partial charge is 0.273 e. The maximum absolute atomic E-state index is 12.1. The van der Waals surface area contributed by atoms with Crippen molar-refractivity contribution >= 4 is 27.7 Å². The van der Waals surface area contributed by atoms with Crippen LogP contribution in [0.4, 0.5) is 0 Å².